The highest BCUT2D eigenvalue weighted by Gasteiger charge is 2.07. The molecule has 1 N–H and O–H groups in total. The second kappa shape index (κ2) is 6.43. The maximum Gasteiger partial charge on any atom is 0.123 e. The van der Waals surface area contributed by atoms with Crippen LogP contribution < -0.4 is 5.32 Å². The minimum Gasteiger partial charge on any atom is -0.313 e. The molecule has 1 nitrogen and oxygen atoms in total. The van der Waals surface area contributed by atoms with Gasteiger partial charge in [-0.05, 0) is 53.9 Å². The average Bonchev–Trinajstić information content (AvgIpc) is 2.40. The van der Waals surface area contributed by atoms with Gasteiger partial charge in [-0.2, -0.15) is 0 Å². The van der Waals surface area contributed by atoms with E-state index in [1.54, 1.807) is 18.2 Å². The van der Waals surface area contributed by atoms with Gasteiger partial charge in [0.05, 0.1) is 0 Å². The van der Waals surface area contributed by atoms with Crippen LogP contribution >= 0.6 is 0 Å². The van der Waals surface area contributed by atoms with E-state index < -0.39 is 0 Å². The van der Waals surface area contributed by atoms with Crippen molar-refractivity contribution >= 4 is 0 Å². The summed E-state index contributed by atoms with van der Waals surface area (Å²) < 4.78 is 26.7. The third-order valence-corrected chi connectivity index (χ3v) is 2.95. The predicted octanol–water partition coefficient (Wildman–Crippen LogP) is 4.13. The number of benzene rings is 2. The van der Waals surface area contributed by atoms with E-state index in [0.717, 1.165) is 24.1 Å². The van der Waals surface area contributed by atoms with Crippen LogP contribution in [0.2, 0.25) is 0 Å². The van der Waals surface area contributed by atoms with Crippen molar-refractivity contribution in [1.82, 2.24) is 5.32 Å². The quantitative estimate of drug-likeness (QED) is 0.798. The Morgan fingerprint density at radius 2 is 1.79 bits per heavy atom. The zero-order chi connectivity index (χ0) is 13.7. The van der Waals surface area contributed by atoms with Gasteiger partial charge in [-0.1, -0.05) is 25.1 Å². The lowest BCUT2D eigenvalue weighted by molar-refractivity contribution is 0.623. The second-order valence-corrected chi connectivity index (χ2v) is 4.49. The number of nitrogens with one attached hydrogen (secondary N) is 1. The SMILES string of the molecule is CCCNCc1ccc(F)cc1-c1cccc(F)c1. The molecule has 2 aromatic carbocycles. The van der Waals surface area contributed by atoms with Crippen LogP contribution in [0.5, 0.6) is 0 Å². The van der Waals surface area contributed by atoms with E-state index in [0.29, 0.717) is 12.1 Å². The summed E-state index contributed by atoms with van der Waals surface area (Å²) in [6, 6.07) is 10.9. The molecule has 0 fully saturated rings. The largest absolute Gasteiger partial charge is 0.313 e. The first kappa shape index (κ1) is 13.7. The first-order valence-corrected chi connectivity index (χ1v) is 6.46. The summed E-state index contributed by atoms with van der Waals surface area (Å²) in [5, 5.41) is 3.28. The average molecular weight is 261 g/mol. The van der Waals surface area contributed by atoms with Gasteiger partial charge in [0.25, 0.3) is 0 Å². The molecule has 0 bridgehead atoms. The van der Waals surface area contributed by atoms with E-state index in [2.05, 4.69) is 12.2 Å². The fourth-order valence-electron chi connectivity index (χ4n) is 2.03. The zero-order valence-corrected chi connectivity index (χ0v) is 10.9. The fourth-order valence-corrected chi connectivity index (χ4v) is 2.03. The van der Waals surface area contributed by atoms with E-state index in [9.17, 15) is 8.78 Å². The first-order valence-electron chi connectivity index (χ1n) is 6.46. The predicted molar refractivity (Wildman–Crippen MR) is 73.8 cm³/mol. The van der Waals surface area contributed by atoms with Gasteiger partial charge in [0.1, 0.15) is 11.6 Å². The number of halogens is 2. The van der Waals surface area contributed by atoms with Gasteiger partial charge in [-0.15, -0.1) is 0 Å². The molecule has 0 saturated carbocycles. The van der Waals surface area contributed by atoms with E-state index >= 15 is 0 Å². The highest BCUT2D eigenvalue weighted by molar-refractivity contribution is 5.67. The van der Waals surface area contributed by atoms with Crippen molar-refractivity contribution in [3.63, 3.8) is 0 Å². The molecular formula is C16H17F2N. The highest BCUT2D eigenvalue weighted by Crippen LogP contribution is 2.25. The van der Waals surface area contributed by atoms with Gasteiger partial charge in [-0.25, -0.2) is 8.78 Å². The topological polar surface area (TPSA) is 12.0 Å². The molecule has 0 unspecified atom stereocenters. The summed E-state index contributed by atoms with van der Waals surface area (Å²) in [6.45, 7) is 3.64. The summed E-state index contributed by atoms with van der Waals surface area (Å²) in [5.74, 6) is -0.618. The van der Waals surface area contributed by atoms with Crippen molar-refractivity contribution in [2.24, 2.45) is 0 Å². The Morgan fingerprint density at radius 3 is 2.53 bits per heavy atom. The zero-order valence-electron chi connectivity index (χ0n) is 10.9. The molecule has 0 spiro atoms. The lowest BCUT2D eigenvalue weighted by Crippen LogP contribution is -2.14. The molecule has 2 rings (SSSR count). The molecule has 3 heteroatoms. The molecule has 2 aromatic rings. The van der Waals surface area contributed by atoms with Crippen molar-refractivity contribution in [3.8, 4) is 11.1 Å². The Balaban J connectivity index is 2.34. The van der Waals surface area contributed by atoms with Crippen LogP contribution in [-0.4, -0.2) is 6.54 Å². The molecule has 0 aromatic heterocycles. The molecule has 19 heavy (non-hydrogen) atoms. The molecule has 0 radical (unpaired) electrons. The molecule has 100 valence electrons. The van der Waals surface area contributed by atoms with Crippen LogP contribution in [0.3, 0.4) is 0 Å². The van der Waals surface area contributed by atoms with Gasteiger partial charge >= 0.3 is 0 Å². The molecule has 0 aliphatic heterocycles. The highest BCUT2D eigenvalue weighted by atomic mass is 19.1. The fraction of sp³-hybridized carbons (Fsp3) is 0.250. The Bertz CT molecular complexity index is 552. The Labute approximate surface area is 112 Å². The van der Waals surface area contributed by atoms with Gasteiger partial charge in [-0.3, -0.25) is 0 Å². The van der Waals surface area contributed by atoms with Crippen LogP contribution in [0.1, 0.15) is 18.9 Å². The molecule has 0 aliphatic carbocycles. The molecule has 0 aliphatic rings. The summed E-state index contributed by atoms with van der Waals surface area (Å²) >= 11 is 0. The first-order chi connectivity index (χ1) is 9.20. The Hall–Kier alpha value is -1.74. The van der Waals surface area contributed by atoms with E-state index in [4.69, 9.17) is 0 Å². The van der Waals surface area contributed by atoms with E-state index in [1.807, 2.05) is 0 Å². The van der Waals surface area contributed by atoms with Crippen molar-refractivity contribution in [3.05, 3.63) is 59.7 Å². The molecule has 0 saturated heterocycles. The maximum atomic E-state index is 13.4. The minimum absolute atomic E-state index is 0.307. The third kappa shape index (κ3) is 3.61. The van der Waals surface area contributed by atoms with Crippen LogP contribution in [-0.2, 0) is 6.54 Å². The minimum atomic E-state index is -0.311. The van der Waals surface area contributed by atoms with Crippen LogP contribution in [0.4, 0.5) is 8.78 Å². The van der Waals surface area contributed by atoms with Crippen molar-refractivity contribution in [1.29, 1.82) is 0 Å². The van der Waals surface area contributed by atoms with E-state index in [-0.39, 0.29) is 11.6 Å². The van der Waals surface area contributed by atoms with Gasteiger partial charge in [0, 0.05) is 6.54 Å². The number of rotatable bonds is 5. The molecule has 0 atom stereocenters. The second-order valence-electron chi connectivity index (χ2n) is 4.49. The number of hydrogen-bond acceptors (Lipinski definition) is 1. The van der Waals surface area contributed by atoms with Crippen molar-refractivity contribution in [2.45, 2.75) is 19.9 Å². The van der Waals surface area contributed by atoms with Crippen LogP contribution in [0.25, 0.3) is 11.1 Å². The standard InChI is InChI=1S/C16H17F2N/c1-2-8-19-11-13-6-7-15(18)10-16(13)12-4-3-5-14(17)9-12/h3-7,9-10,19H,2,8,11H2,1H3. The molecular weight excluding hydrogens is 244 g/mol. The van der Waals surface area contributed by atoms with Crippen molar-refractivity contribution in [2.75, 3.05) is 6.54 Å². The molecule has 0 amide bonds. The van der Waals surface area contributed by atoms with Crippen LogP contribution in [0, 0.1) is 11.6 Å². The van der Waals surface area contributed by atoms with Gasteiger partial charge in [0.15, 0.2) is 0 Å². The summed E-state index contributed by atoms with van der Waals surface area (Å²) in [6.07, 6.45) is 1.04. The van der Waals surface area contributed by atoms with Crippen LogP contribution in [0.15, 0.2) is 42.5 Å². The Kier molecular flexibility index (Phi) is 4.63. The maximum absolute atomic E-state index is 13.4. The normalized spacial score (nSPS) is 10.7. The third-order valence-electron chi connectivity index (χ3n) is 2.95. The summed E-state index contributed by atoms with van der Waals surface area (Å²) in [4.78, 5) is 0. The van der Waals surface area contributed by atoms with E-state index in [1.165, 1.54) is 24.3 Å². The monoisotopic (exact) mass is 261 g/mol. The Morgan fingerprint density at radius 1 is 1.00 bits per heavy atom. The molecule has 0 heterocycles. The van der Waals surface area contributed by atoms with Crippen molar-refractivity contribution < 1.29 is 8.78 Å². The summed E-state index contributed by atoms with van der Waals surface area (Å²) in [7, 11) is 0. The lowest BCUT2D eigenvalue weighted by Gasteiger charge is -2.11. The summed E-state index contributed by atoms with van der Waals surface area (Å²) in [5.41, 5.74) is 2.41. The van der Waals surface area contributed by atoms with Gasteiger partial charge < -0.3 is 5.32 Å². The van der Waals surface area contributed by atoms with Gasteiger partial charge in [0.2, 0.25) is 0 Å². The lowest BCUT2D eigenvalue weighted by atomic mass is 9.99. The smallest absolute Gasteiger partial charge is 0.123 e. The number of hydrogen-bond donors (Lipinski definition) is 1.